The molecule has 0 radical (unpaired) electrons. The molecule has 1 aromatic heterocycles. The SMILES string of the molecule is COC(=O)C1CCCN(C(=O)c2cnsn2)C1. The standard InChI is InChI=1S/C10H13N3O3S/c1-16-10(15)7-3-2-4-13(6-7)9(14)8-5-11-17-12-8/h5,7H,2-4,6H2,1H3. The first-order chi connectivity index (χ1) is 8.22. The van der Waals surface area contributed by atoms with E-state index < -0.39 is 0 Å². The minimum absolute atomic E-state index is 0.160. The lowest BCUT2D eigenvalue weighted by Crippen LogP contribution is -2.42. The highest BCUT2D eigenvalue weighted by molar-refractivity contribution is 6.99. The molecule has 1 atom stereocenters. The lowest BCUT2D eigenvalue weighted by atomic mass is 9.98. The average Bonchev–Trinajstić information content (AvgIpc) is 2.91. The summed E-state index contributed by atoms with van der Waals surface area (Å²) in [4.78, 5) is 25.1. The summed E-state index contributed by atoms with van der Waals surface area (Å²) in [5.74, 6) is -0.629. The Morgan fingerprint density at radius 1 is 1.59 bits per heavy atom. The van der Waals surface area contributed by atoms with Crippen molar-refractivity contribution < 1.29 is 14.3 Å². The second-order valence-electron chi connectivity index (χ2n) is 3.91. The Morgan fingerprint density at radius 3 is 3.06 bits per heavy atom. The number of carbonyl (C=O) groups excluding carboxylic acids is 2. The predicted octanol–water partition coefficient (Wildman–Crippen LogP) is 0.563. The van der Waals surface area contributed by atoms with Gasteiger partial charge in [-0.3, -0.25) is 9.59 Å². The number of likely N-dealkylation sites (tertiary alicyclic amines) is 1. The van der Waals surface area contributed by atoms with Crippen molar-refractivity contribution in [3.05, 3.63) is 11.9 Å². The molecule has 1 saturated heterocycles. The van der Waals surface area contributed by atoms with Crippen LogP contribution in [0.15, 0.2) is 6.20 Å². The summed E-state index contributed by atoms with van der Waals surface area (Å²) in [5.41, 5.74) is 0.348. The monoisotopic (exact) mass is 255 g/mol. The Morgan fingerprint density at radius 2 is 2.41 bits per heavy atom. The van der Waals surface area contributed by atoms with Gasteiger partial charge in [-0.2, -0.15) is 8.75 Å². The maximum atomic E-state index is 12.0. The molecule has 1 aliphatic heterocycles. The van der Waals surface area contributed by atoms with E-state index in [1.165, 1.54) is 13.3 Å². The van der Waals surface area contributed by atoms with Gasteiger partial charge < -0.3 is 9.64 Å². The highest BCUT2D eigenvalue weighted by Gasteiger charge is 2.30. The number of carbonyl (C=O) groups is 2. The summed E-state index contributed by atoms with van der Waals surface area (Å²) in [6.45, 7) is 1.06. The van der Waals surface area contributed by atoms with E-state index in [0.717, 1.165) is 24.6 Å². The van der Waals surface area contributed by atoms with Gasteiger partial charge in [0.2, 0.25) is 0 Å². The van der Waals surface area contributed by atoms with E-state index in [2.05, 4.69) is 8.75 Å². The largest absolute Gasteiger partial charge is 0.469 e. The van der Waals surface area contributed by atoms with Crippen molar-refractivity contribution in [2.75, 3.05) is 20.2 Å². The zero-order valence-electron chi connectivity index (χ0n) is 9.46. The van der Waals surface area contributed by atoms with Crippen LogP contribution in [-0.2, 0) is 9.53 Å². The highest BCUT2D eigenvalue weighted by atomic mass is 32.1. The second kappa shape index (κ2) is 5.22. The molecule has 1 aliphatic rings. The fraction of sp³-hybridized carbons (Fsp3) is 0.600. The summed E-state index contributed by atoms with van der Waals surface area (Å²) in [6, 6.07) is 0. The summed E-state index contributed by atoms with van der Waals surface area (Å²) in [6.07, 6.45) is 3.03. The summed E-state index contributed by atoms with van der Waals surface area (Å²) in [7, 11) is 1.37. The third-order valence-electron chi connectivity index (χ3n) is 2.82. The number of aromatic nitrogens is 2. The van der Waals surface area contributed by atoms with Gasteiger partial charge >= 0.3 is 5.97 Å². The molecular weight excluding hydrogens is 242 g/mol. The smallest absolute Gasteiger partial charge is 0.310 e. The molecular formula is C10H13N3O3S. The first kappa shape index (κ1) is 12.0. The summed E-state index contributed by atoms with van der Waals surface area (Å²) >= 11 is 1.00. The van der Waals surface area contributed by atoms with Gasteiger partial charge in [0, 0.05) is 13.1 Å². The molecule has 2 rings (SSSR count). The molecule has 1 amide bonds. The molecule has 1 unspecified atom stereocenters. The van der Waals surface area contributed by atoms with Gasteiger partial charge in [-0.05, 0) is 12.8 Å². The number of hydrogen-bond donors (Lipinski definition) is 0. The van der Waals surface area contributed by atoms with Crippen LogP contribution in [0.25, 0.3) is 0 Å². The number of ether oxygens (including phenoxy) is 1. The van der Waals surface area contributed by atoms with Crippen LogP contribution < -0.4 is 0 Å². The number of amides is 1. The molecule has 0 bridgehead atoms. The third-order valence-corrected chi connectivity index (χ3v) is 3.30. The van der Waals surface area contributed by atoms with Crippen LogP contribution in [0.4, 0.5) is 0 Å². The van der Waals surface area contributed by atoms with Crippen LogP contribution in [0.3, 0.4) is 0 Å². The van der Waals surface area contributed by atoms with E-state index in [4.69, 9.17) is 4.74 Å². The van der Waals surface area contributed by atoms with E-state index >= 15 is 0 Å². The molecule has 6 nitrogen and oxygen atoms in total. The Bertz CT molecular complexity index is 407. The van der Waals surface area contributed by atoms with Gasteiger partial charge in [0.05, 0.1) is 31.0 Å². The fourth-order valence-electron chi connectivity index (χ4n) is 1.94. The molecule has 0 aliphatic carbocycles. The van der Waals surface area contributed by atoms with E-state index in [0.29, 0.717) is 18.8 Å². The van der Waals surface area contributed by atoms with Crippen LogP contribution >= 0.6 is 11.7 Å². The van der Waals surface area contributed by atoms with Crippen molar-refractivity contribution in [1.29, 1.82) is 0 Å². The molecule has 17 heavy (non-hydrogen) atoms. The molecule has 7 heteroatoms. The van der Waals surface area contributed by atoms with Crippen molar-refractivity contribution >= 4 is 23.6 Å². The quantitative estimate of drug-likeness (QED) is 0.722. The normalized spacial score (nSPS) is 20.1. The Hall–Kier alpha value is -1.50. The van der Waals surface area contributed by atoms with E-state index in [1.54, 1.807) is 4.90 Å². The molecule has 0 saturated carbocycles. The number of piperidine rings is 1. The van der Waals surface area contributed by atoms with Crippen LogP contribution in [0, 0.1) is 5.92 Å². The van der Waals surface area contributed by atoms with Gasteiger partial charge in [-0.25, -0.2) is 0 Å². The molecule has 1 aromatic rings. The maximum Gasteiger partial charge on any atom is 0.310 e. The zero-order valence-corrected chi connectivity index (χ0v) is 10.3. The molecule has 92 valence electrons. The summed E-state index contributed by atoms with van der Waals surface area (Å²) < 4.78 is 12.4. The zero-order chi connectivity index (χ0) is 12.3. The van der Waals surface area contributed by atoms with Gasteiger partial charge in [0.1, 0.15) is 0 Å². The molecule has 1 fully saturated rings. The first-order valence-corrected chi connectivity index (χ1v) is 6.10. The van der Waals surface area contributed by atoms with E-state index in [-0.39, 0.29) is 17.8 Å². The van der Waals surface area contributed by atoms with Crippen LogP contribution in [0.5, 0.6) is 0 Å². The lowest BCUT2D eigenvalue weighted by Gasteiger charge is -2.30. The minimum Gasteiger partial charge on any atom is -0.469 e. The highest BCUT2D eigenvalue weighted by Crippen LogP contribution is 2.19. The number of esters is 1. The van der Waals surface area contributed by atoms with Gasteiger partial charge in [-0.1, -0.05) is 0 Å². The lowest BCUT2D eigenvalue weighted by molar-refractivity contribution is -0.146. The van der Waals surface area contributed by atoms with Gasteiger partial charge in [0.25, 0.3) is 5.91 Å². The molecule has 0 N–H and O–H groups in total. The van der Waals surface area contributed by atoms with Crippen molar-refractivity contribution in [3.8, 4) is 0 Å². The van der Waals surface area contributed by atoms with Crippen LogP contribution in [0.1, 0.15) is 23.3 Å². The predicted molar refractivity (Wildman–Crippen MR) is 60.6 cm³/mol. The van der Waals surface area contributed by atoms with Crippen molar-refractivity contribution in [2.45, 2.75) is 12.8 Å². The number of rotatable bonds is 2. The molecule has 0 aromatic carbocycles. The topological polar surface area (TPSA) is 72.4 Å². The van der Waals surface area contributed by atoms with Crippen LogP contribution in [0.2, 0.25) is 0 Å². The Kier molecular flexibility index (Phi) is 3.68. The van der Waals surface area contributed by atoms with E-state index in [1.807, 2.05) is 0 Å². The second-order valence-corrected chi connectivity index (χ2v) is 4.46. The van der Waals surface area contributed by atoms with E-state index in [9.17, 15) is 9.59 Å². The van der Waals surface area contributed by atoms with Crippen molar-refractivity contribution in [2.24, 2.45) is 5.92 Å². The minimum atomic E-state index is -0.251. The van der Waals surface area contributed by atoms with Crippen molar-refractivity contribution in [3.63, 3.8) is 0 Å². The molecule has 0 spiro atoms. The number of methoxy groups -OCH3 is 1. The third kappa shape index (κ3) is 2.60. The van der Waals surface area contributed by atoms with Gasteiger partial charge in [0.15, 0.2) is 5.69 Å². The van der Waals surface area contributed by atoms with Crippen molar-refractivity contribution in [1.82, 2.24) is 13.6 Å². The molecule has 2 heterocycles. The fourth-order valence-corrected chi connectivity index (χ4v) is 2.35. The van der Waals surface area contributed by atoms with Crippen LogP contribution in [-0.4, -0.2) is 45.7 Å². The Labute approximate surface area is 103 Å². The first-order valence-electron chi connectivity index (χ1n) is 5.37. The maximum absolute atomic E-state index is 12.0. The number of nitrogens with zero attached hydrogens (tertiary/aromatic N) is 3. The van der Waals surface area contributed by atoms with Gasteiger partial charge in [-0.15, -0.1) is 0 Å². The summed E-state index contributed by atoms with van der Waals surface area (Å²) in [5, 5.41) is 0. The number of hydrogen-bond acceptors (Lipinski definition) is 6. The Balaban J connectivity index is 2.02. The average molecular weight is 255 g/mol.